The van der Waals surface area contributed by atoms with Gasteiger partial charge in [-0.05, 0) is 30.7 Å². The molecule has 106 valence electrons. The number of hydrogen-bond acceptors (Lipinski definition) is 3. The highest BCUT2D eigenvalue weighted by Crippen LogP contribution is 2.26. The summed E-state index contributed by atoms with van der Waals surface area (Å²) < 4.78 is 6.03. The monoisotopic (exact) mass is 270 g/mol. The summed E-state index contributed by atoms with van der Waals surface area (Å²) in [5.74, 6) is 0.860. The van der Waals surface area contributed by atoms with Crippen LogP contribution in [0.4, 0.5) is 5.69 Å². The first-order valence-corrected chi connectivity index (χ1v) is 6.83. The lowest BCUT2D eigenvalue weighted by atomic mass is 10.1. The Balaban J connectivity index is 2.13. The van der Waals surface area contributed by atoms with Crippen molar-refractivity contribution in [2.24, 2.45) is 5.73 Å². The van der Waals surface area contributed by atoms with Gasteiger partial charge in [-0.25, -0.2) is 0 Å². The van der Waals surface area contributed by atoms with Gasteiger partial charge in [-0.15, -0.1) is 0 Å². The highest BCUT2D eigenvalue weighted by atomic mass is 16.5. The molecular formula is C17H22N2O. The molecule has 0 saturated heterocycles. The van der Waals surface area contributed by atoms with Gasteiger partial charge in [0.05, 0.1) is 0 Å². The van der Waals surface area contributed by atoms with E-state index in [-0.39, 0.29) is 6.10 Å². The topological polar surface area (TPSA) is 38.5 Å². The van der Waals surface area contributed by atoms with Crippen LogP contribution in [-0.4, -0.2) is 14.1 Å². The van der Waals surface area contributed by atoms with E-state index in [0.29, 0.717) is 6.54 Å². The molecule has 0 aliphatic rings. The fourth-order valence-corrected chi connectivity index (χ4v) is 2.09. The van der Waals surface area contributed by atoms with Gasteiger partial charge >= 0.3 is 0 Å². The molecule has 0 aromatic heterocycles. The first kappa shape index (κ1) is 14.4. The number of rotatable bonds is 5. The number of nitrogens with two attached hydrogens (primary N) is 1. The second-order valence-corrected chi connectivity index (χ2v) is 5.06. The van der Waals surface area contributed by atoms with Gasteiger partial charge in [0.2, 0.25) is 0 Å². The summed E-state index contributed by atoms with van der Waals surface area (Å²) in [6.07, 6.45) is -0.00101. The van der Waals surface area contributed by atoms with E-state index in [4.69, 9.17) is 10.5 Å². The van der Waals surface area contributed by atoms with E-state index in [1.165, 1.54) is 5.69 Å². The average Bonchev–Trinajstić information content (AvgIpc) is 2.48. The highest BCUT2D eigenvalue weighted by molar-refractivity contribution is 5.46. The molecule has 2 aromatic rings. The van der Waals surface area contributed by atoms with E-state index in [1.807, 2.05) is 38.4 Å². The predicted octanol–water partition coefficient (Wildman–Crippen LogP) is 3.35. The van der Waals surface area contributed by atoms with Crippen LogP contribution in [0.15, 0.2) is 48.5 Å². The van der Waals surface area contributed by atoms with Crippen molar-refractivity contribution in [3.05, 3.63) is 59.7 Å². The molecule has 2 rings (SSSR count). The summed E-state index contributed by atoms with van der Waals surface area (Å²) in [7, 11) is 4.07. The van der Waals surface area contributed by atoms with Crippen molar-refractivity contribution in [2.75, 3.05) is 19.0 Å². The molecule has 0 saturated carbocycles. The maximum Gasteiger partial charge on any atom is 0.124 e. The summed E-state index contributed by atoms with van der Waals surface area (Å²) in [5.41, 5.74) is 9.10. The van der Waals surface area contributed by atoms with Crippen LogP contribution in [0.5, 0.6) is 5.75 Å². The van der Waals surface area contributed by atoms with Crippen LogP contribution >= 0.6 is 0 Å². The Hall–Kier alpha value is -2.00. The maximum atomic E-state index is 6.03. The first-order valence-electron chi connectivity index (χ1n) is 6.83. The molecule has 0 spiro atoms. The number of hydrogen-bond donors (Lipinski definition) is 1. The quantitative estimate of drug-likeness (QED) is 0.905. The smallest absolute Gasteiger partial charge is 0.124 e. The van der Waals surface area contributed by atoms with Crippen LogP contribution in [0.3, 0.4) is 0 Å². The van der Waals surface area contributed by atoms with Crippen LogP contribution in [0.2, 0.25) is 0 Å². The fourth-order valence-electron chi connectivity index (χ4n) is 2.09. The maximum absolute atomic E-state index is 6.03. The minimum absolute atomic E-state index is 0.00101. The molecule has 1 unspecified atom stereocenters. The Morgan fingerprint density at radius 2 is 1.70 bits per heavy atom. The Morgan fingerprint density at radius 1 is 1.05 bits per heavy atom. The summed E-state index contributed by atoms with van der Waals surface area (Å²) >= 11 is 0. The molecule has 0 amide bonds. The summed E-state index contributed by atoms with van der Waals surface area (Å²) in [6, 6.07) is 16.3. The van der Waals surface area contributed by atoms with Gasteiger partial charge < -0.3 is 15.4 Å². The van der Waals surface area contributed by atoms with E-state index in [1.54, 1.807) is 0 Å². The van der Waals surface area contributed by atoms with Crippen LogP contribution < -0.4 is 15.4 Å². The van der Waals surface area contributed by atoms with Gasteiger partial charge in [0.25, 0.3) is 0 Å². The second kappa shape index (κ2) is 6.44. The molecule has 0 aliphatic carbocycles. The van der Waals surface area contributed by atoms with Crippen molar-refractivity contribution in [3.63, 3.8) is 0 Å². The van der Waals surface area contributed by atoms with Crippen molar-refractivity contribution < 1.29 is 4.74 Å². The number of benzene rings is 2. The number of para-hydroxylation sites is 1. The van der Waals surface area contributed by atoms with E-state index in [0.717, 1.165) is 16.9 Å². The lowest BCUT2D eigenvalue weighted by molar-refractivity contribution is 0.224. The molecule has 2 aromatic carbocycles. The largest absolute Gasteiger partial charge is 0.486 e. The second-order valence-electron chi connectivity index (χ2n) is 5.06. The van der Waals surface area contributed by atoms with Crippen molar-refractivity contribution in [3.8, 4) is 5.75 Å². The normalized spacial score (nSPS) is 12.0. The molecule has 3 nitrogen and oxygen atoms in total. The Morgan fingerprint density at radius 3 is 2.30 bits per heavy atom. The van der Waals surface area contributed by atoms with Crippen LogP contribution in [-0.2, 0) is 6.54 Å². The Bertz CT molecular complexity index is 549. The third-order valence-electron chi connectivity index (χ3n) is 3.38. The van der Waals surface area contributed by atoms with Crippen LogP contribution in [0.25, 0.3) is 0 Å². The van der Waals surface area contributed by atoms with Crippen molar-refractivity contribution in [2.45, 2.75) is 19.6 Å². The third kappa shape index (κ3) is 3.31. The zero-order chi connectivity index (χ0) is 14.5. The van der Waals surface area contributed by atoms with Gasteiger partial charge in [-0.3, -0.25) is 0 Å². The number of nitrogens with zero attached hydrogens (tertiary/aromatic N) is 1. The van der Waals surface area contributed by atoms with E-state index in [9.17, 15) is 0 Å². The Kier molecular flexibility index (Phi) is 4.64. The Labute approximate surface area is 121 Å². The average molecular weight is 270 g/mol. The highest BCUT2D eigenvalue weighted by Gasteiger charge is 2.09. The molecule has 0 aliphatic heterocycles. The fraction of sp³-hybridized carbons (Fsp3) is 0.294. The zero-order valence-corrected chi connectivity index (χ0v) is 12.3. The van der Waals surface area contributed by atoms with E-state index in [2.05, 4.69) is 36.1 Å². The number of anilines is 1. The number of ether oxygens (including phenoxy) is 1. The van der Waals surface area contributed by atoms with Crippen molar-refractivity contribution >= 4 is 5.69 Å². The van der Waals surface area contributed by atoms with Gasteiger partial charge in [0.15, 0.2) is 0 Å². The molecule has 2 N–H and O–H groups in total. The molecule has 0 bridgehead atoms. The van der Waals surface area contributed by atoms with E-state index < -0.39 is 0 Å². The summed E-state index contributed by atoms with van der Waals surface area (Å²) in [6.45, 7) is 2.54. The lowest BCUT2D eigenvalue weighted by Crippen LogP contribution is -2.10. The predicted molar refractivity (Wildman–Crippen MR) is 84.1 cm³/mol. The molecule has 0 heterocycles. The molecule has 0 radical (unpaired) electrons. The summed E-state index contributed by atoms with van der Waals surface area (Å²) in [4.78, 5) is 2.08. The minimum atomic E-state index is -0.00101. The molecule has 0 fully saturated rings. The minimum Gasteiger partial charge on any atom is -0.486 e. The zero-order valence-electron chi connectivity index (χ0n) is 12.3. The third-order valence-corrected chi connectivity index (χ3v) is 3.38. The van der Waals surface area contributed by atoms with Crippen LogP contribution in [0.1, 0.15) is 24.2 Å². The van der Waals surface area contributed by atoms with Gasteiger partial charge in [0, 0.05) is 31.9 Å². The van der Waals surface area contributed by atoms with Gasteiger partial charge in [-0.1, -0.05) is 30.3 Å². The summed E-state index contributed by atoms with van der Waals surface area (Å²) in [5, 5.41) is 0. The first-order chi connectivity index (χ1) is 9.61. The standard InChI is InChI=1S/C17H22N2O/c1-13(14-8-10-16(11-9-14)19(2)3)20-17-7-5-4-6-15(17)12-18/h4-11,13H,12,18H2,1-3H3. The van der Waals surface area contributed by atoms with E-state index >= 15 is 0 Å². The van der Waals surface area contributed by atoms with Gasteiger partial charge in [-0.2, -0.15) is 0 Å². The molecule has 3 heteroatoms. The van der Waals surface area contributed by atoms with Crippen LogP contribution in [0, 0.1) is 0 Å². The lowest BCUT2D eigenvalue weighted by Gasteiger charge is -2.19. The van der Waals surface area contributed by atoms with Gasteiger partial charge in [0.1, 0.15) is 11.9 Å². The molecular weight excluding hydrogens is 248 g/mol. The van der Waals surface area contributed by atoms with Crippen molar-refractivity contribution in [1.82, 2.24) is 0 Å². The molecule has 20 heavy (non-hydrogen) atoms. The van der Waals surface area contributed by atoms with Crippen molar-refractivity contribution in [1.29, 1.82) is 0 Å². The molecule has 1 atom stereocenters. The SMILES string of the molecule is CC(Oc1ccccc1CN)c1ccc(N(C)C)cc1.